The van der Waals surface area contributed by atoms with Crippen molar-refractivity contribution in [1.29, 1.82) is 0 Å². The molecule has 1 aliphatic carbocycles. The highest BCUT2D eigenvalue weighted by atomic mass is 19.1. The van der Waals surface area contributed by atoms with Crippen LogP contribution in [0.2, 0.25) is 0 Å². The monoisotopic (exact) mass is 222 g/mol. The van der Waals surface area contributed by atoms with Crippen molar-refractivity contribution in [2.45, 2.75) is 25.7 Å². The Bertz CT molecular complexity index is 370. The highest BCUT2D eigenvalue weighted by Crippen LogP contribution is 2.26. The molecule has 0 N–H and O–H groups in total. The van der Waals surface area contributed by atoms with Crippen molar-refractivity contribution in [3.63, 3.8) is 0 Å². The molecule has 2 rings (SSSR count). The fraction of sp³-hybridized carbons (Fsp3) is 0.462. The van der Waals surface area contributed by atoms with Crippen LogP contribution in [0.1, 0.15) is 36.0 Å². The second-order valence-electron chi connectivity index (χ2n) is 4.26. The number of benzene rings is 1. The summed E-state index contributed by atoms with van der Waals surface area (Å²) in [6.45, 7) is 0.631. The molecule has 2 nitrogen and oxygen atoms in total. The molecule has 1 aliphatic rings. The summed E-state index contributed by atoms with van der Waals surface area (Å²) in [6, 6.07) is 4.04. The molecule has 0 radical (unpaired) electrons. The number of carbonyl (C=O) groups excluding carboxylic acids is 1. The van der Waals surface area contributed by atoms with Crippen LogP contribution in [0.15, 0.2) is 18.2 Å². The van der Waals surface area contributed by atoms with E-state index in [0.717, 1.165) is 0 Å². The summed E-state index contributed by atoms with van der Waals surface area (Å²) in [6.07, 6.45) is 5.54. The Balaban J connectivity index is 1.99. The lowest BCUT2D eigenvalue weighted by molar-refractivity contribution is 0.111. The second kappa shape index (κ2) is 5.10. The standard InChI is InChI=1S/C13H15FO2/c14-12-5-6-13(11(7-12)8-15)16-9-10-3-1-2-4-10/h5-8,10H,1-4,9H2. The topological polar surface area (TPSA) is 26.3 Å². The van der Waals surface area contributed by atoms with Gasteiger partial charge in [0, 0.05) is 0 Å². The molecule has 16 heavy (non-hydrogen) atoms. The minimum atomic E-state index is -0.407. The molecule has 0 atom stereocenters. The van der Waals surface area contributed by atoms with E-state index in [1.807, 2.05) is 0 Å². The van der Waals surface area contributed by atoms with E-state index in [9.17, 15) is 9.18 Å². The van der Waals surface area contributed by atoms with Crippen molar-refractivity contribution in [1.82, 2.24) is 0 Å². The Labute approximate surface area is 94.4 Å². The maximum absolute atomic E-state index is 12.9. The molecule has 0 unspecified atom stereocenters. The number of aldehydes is 1. The lowest BCUT2D eigenvalue weighted by atomic mass is 10.1. The molecule has 1 saturated carbocycles. The predicted octanol–water partition coefficient (Wildman–Crippen LogP) is 3.21. The number of hydrogen-bond donors (Lipinski definition) is 0. The Kier molecular flexibility index (Phi) is 3.54. The molecule has 3 heteroatoms. The number of ether oxygens (including phenoxy) is 1. The van der Waals surface area contributed by atoms with Gasteiger partial charge in [-0.15, -0.1) is 0 Å². The van der Waals surface area contributed by atoms with Gasteiger partial charge >= 0.3 is 0 Å². The van der Waals surface area contributed by atoms with Gasteiger partial charge in [0.05, 0.1) is 12.2 Å². The van der Waals surface area contributed by atoms with Crippen LogP contribution in [-0.2, 0) is 0 Å². The Morgan fingerprint density at radius 1 is 1.38 bits per heavy atom. The fourth-order valence-corrected chi connectivity index (χ4v) is 2.13. The molecule has 1 fully saturated rings. The zero-order valence-corrected chi connectivity index (χ0v) is 9.12. The van der Waals surface area contributed by atoms with Crippen molar-refractivity contribution in [3.05, 3.63) is 29.6 Å². The van der Waals surface area contributed by atoms with Gasteiger partial charge in [0.15, 0.2) is 6.29 Å². The average molecular weight is 222 g/mol. The second-order valence-corrected chi connectivity index (χ2v) is 4.26. The first-order valence-electron chi connectivity index (χ1n) is 5.67. The average Bonchev–Trinajstić information content (AvgIpc) is 2.80. The summed E-state index contributed by atoms with van der Waals surface area (Å²) < 4.78 is 18.4. The van der Waals surface area contributed by atoms with Crippen LogP contribution >= 0.6 is 0 Å². The third-order valence-electron chi connectivity index (χ3n) is 3.05. The molecule has 1 aromatic carbocycles. The van der Waals surface area contributed by atoms with E-state index >= 15 is 0 Å². The van der Waals surface area contributed by atoms with Crippen LogP contribution in [0.5, 0.6) is 5.75 Å². The molecule has 0 amide bonds. The van der Waals surface area contributed by atoms with E-state index in [0.29, 0.717) is 24.6 Å². The van der Waals surface area contributed by atoms with Gasteiger partial charge in [-0.2, -0.15) is 0 Å². The van der Waals surface area contributed by atoms with Gasteiger partial charge in [0.2, 0.25) is 0 Å². The van der Waals surface area contributed by atoms with Crippen LogP contribution < -0.4 is 4.74 Å². The molecule has 0 aliphatic heterocycles. The Hall–Kier alpha value is -1.38. The van der Waals surface area contributed by atoms with E-state index < -0.39 is 5.82 Å². The quantitative estimate of drug-likeness (QED) is 0.731. The van der Waals surface area contributed by atoms with Gasteiger partial charge in [0.25, 0.3) is 0 Å². The number of rotatable bonds is 4. The highest BCUT2D eigenvalue weighted by molar-refractivity contribution is 5.79. The molecule has 0 heterocycles. The van der Waals surface area contributed by atoms with Gasteiger partial charge < -0.3 is 4.74 Å². The van der Waals surface area contributed by atoms with Gasteiger partial charge in [-0.25, -0.2) is 4.39 Å². The zero-order valence-electron chi connectivity index (χ0n) is 9.12. The van der Waals surface area contributed by atoms with Crippen molar-refractivity contribution in [2.75, 3.05) is 6.61 Å². The fourth-order valence-electron chi connectivity index (χ4n) is 2.13. The summed E-state index contributed by atoms with van der Waals surface area (Å²) in [4.78, 5) is 10.7. The summed E-state index contributed by atoms with van der Waals surface area (Å²) in [5.41, 5.74) is 0.290. The largest absolute Gasteiger partial charge is 0.493 e. The van der Waals surface area contributed by atoms with Crippen molar-refractivity contribution < 1.29 is 13.9 Å². The maximum atomic E-state index is 12.9. The molecular weight excluding hydrogens is 207 g/mol. The third kappa shape index (κ3) is 2.60. The number of hydrogen-bond acceptors (Lipinski definition) is 2. The van der Waals surface area contributed by atoms with E-state index in [1.165, 1.54) is 43.9 Å². The highest BCUT2D eigenvalue weighted by Gasteiger charge is 2.16. The lowest BCUT2D eigenvalue weighted by Gasteiger charge is -2.12. The minimum absolute atomic E-state index is 0.290. The molecule has 0 spiro atoms. The van der Waals surface area contributed by atoms with Crippen LogP contribution in [0.3, 0.4) is 0 Å². The van der Waals surface area contributed by atoms with Gasteiger partial charge in [-0.1, -0.05) is 12.8 Å². The minimum Gasteiger partial charge on any atom is -0.493 e. The van der Waals surface area contributed by atoms with Gasteiger partial charge in [-0.05, 0) is 37.0 Å². The Morgan fingerprint density at radius 3 is 2.81 bits per heavy atom. The van der Waals surface area contributed by atoms with Crippen molar-refractivity contribution in [2.24, 2.45) is 5.92 Å². The van der Waals surface area contributed by atoms with Gasteiger partial charge in [0.1, 0.15) is 11.6 Å². The van der Waals surface area contributed by atoms with Crippen LogP contribution in [-0.4, -0.2) is 12.9 Å². The summed E-state index contributed by atoms with van der Waals surface area (Å²) in [5.74, 6) is 0.670. The summed E-state index contributed by atoms with van der Waals surface area (Å²) in [7, 11) is 0. The zero-order chi connectivity index (χ0) is 11.4. The van der Waals surface area contributed by atoms with Crippen LogP contribution in [0, 0.1) is 11.7 Å². The number of halogens is 1. The molecule has 0 bridgehead atoms. The van der Waals surface area contributed by atoms with E-state index in [2.05, 4.69) is 0 Å². The van der Waals surface area contributed by atoms with E-state index in [1.54, 1.807) is 0 Å². The summed E-state index contributed by atoms with van der Waals surface area (Å²) >= 11 is 0. The maximum Gasteiger partial charge on any atom is 0.153 e. The third-order valence-corrected chi connectivity index (χ3v) is 3.05. The summed E-state index contributed by atoms with van der Waals surface area (Å²) in [5, 5.41) is 0. The number of carbonyl (C=O) groups is 1. The smallest absolute Gasteiger partial charge is 0.153 e. The predicted molar refractivity (Wildman–Crippen MR) is 59.2 cm³/mol. The first kappa shape index (κ1) is 11.1. The molecular formula is C13H15FO2. The van der Waals surface area contributed by atoms with Gasteiger partial charge in [-0.3, -0.25) is 4.79 Å². The van der Waals surface area contributed by atoms with Crippen molar-refractivity contribution in [3.8, 4) is 5.75 Å². The lowest BCUT2D eigenvalue weighted by Crippen LogP contribution is -2.09. The first-order chi connectivity index (χ1) is 7.79. The molecule has 0 aromatic heterocycles. The Morgan fingerprint density at radius 2 is 2.12 bits per heavy atom. The van der Waals surface area contributed by atoms with Crippen LogP contribution in [0.25, 0.3) is 0 Å². The molecule has 1 aromatic rings. The molecule has 86 valence electrons. The normalized spacial score (nSPS) is 16.3. The van der Waals surface area contributed by atoms with Crippen molar-refractivity contribution >= 4 is 6.29 Å². The molecule has 0 saturated heterocycles. The van der Waals surface area contributed by atoms with E-state index in [4.69, 9.17) is 4.74 Å². The SMILES string of the molecule is O=Cc1cc(F)ccc1OCC1CCCC1. The van der Waals surface area contributed by atoms with E-state index in [-0.39, 0.29) is 5.56 Å². The van der Waals surface area contributed by atoms with Crippen LogP contribution in [0.4, 0.5) is 4.39 Å². The first-order valence-corrected chi connectivity index (χ1v) is 5.67.